The fourth-order valence-electron chi connectivity index (χ4n) is 7.62. The van der Waals surface area contributed by atoms with Gasteiger partial charge < -0.3 is 14.4 Å². The Kier molecular flexibility index (Phi) is 6.28. The van der Waals surface area contributed by atoms with Crippen LogP contribution in [0.15, 0.2) is 42.6 Å². The molecular weight excluding hydrogens is 560 g/mol. The summed E-state index contributed by atoms with van der Waals surface area (Å²) in [7, 11) is 0. The van der Waals surface area contributed by atoms with E-state index < -0.39 is 12.0 Å². The Morgan fingerprint density at radius 1 is 1.07 bits per heavy atom. The first-order valence-electron chi connectivity index (χ1n) is 14.9. The summed E-state index contributed by atoms with van der Waals surface area (Å²) in [6, 6.07) is 11.4. The van der Waals surface area contributed by atoms with E-state index in [9.17, 15) is 4.39 Å². The van der Waals surface area contributed by atoms with Crippen LogP contribution >= 0.6 is 11.6 Å². The zero-order valence-corrected chi connectivity index (χ0v) is 24.0. The van der Waals surface area contributed by atoms with Gasteiger partial charge in [-0.15, -0.1) is 0 Å². The quantitative estimate of drug-likeness (QED) is 0.268. The van der Waals surface area contributed by atoms with Crippen molar-refractivity contribution in [2.45, 2.75) is 55.8 Å². The number of piperidine rings is 1. The van der Waals surface area contributed by atoms with Crippen molar-refractivity contribution in [3.8, 4) is 17.3 Å². The average Bonchev–Trinajstić information content (AvgIpc) is 3.50. The third kappa shape index (κ3) is 4.31. The molecular formula is C32H32ClF2N5O2. The number of aromatic nitrogens is 3. The van der Waals surface area contributed by atoms with Gasteiger partial charge >= 0.3 is 6.01 Å². The minimum absolute atomic E-state index is 0.0992. The minimum Gasteiger partial charge on any atom is -0.461 e. The highest BCUT2D eigenvalue weighted by atomic mass is 35.5. The van der Waals surface area contributed by atoms with E-state index in [1.54, 1.807) is 12.3 Å². The normalized spacial score (nSPS) is 27.6. The molecule has 1 spiro atoms. The molecule has 4 aliphatic rings. The number of ether oxygens (including phenoxy) is 2. The van der Waals surface area contributed by atoms with Crippen LogP contribution in [0, 0.1) is 5.82 Å². The van der Waals surface area contributed by atoms with Crippen molar-refractivity contribution >= 4 is 39.1 Å². The first kappa shape index (κ1) is 26.5. The molecule has 0 saturated carbocycles. The maximum atomic E-state index is 16.6. The van der Waals surface area contributed by atoms with E-state index >= 15 is 4.39 Å². The summed E-state index contributed by atoms with van der Waals surface area (Å²) in [5.41, 5.74) is 0.361. The first-order chi connectivity index (χ1) is 20.4. The van der Waals surface area contributed by atoms with Gasteiger partial charge in [0.15, 0.2) is 5.82 Å². The molecule has 0 N–H and O–H groups in total. The van der Waals surface area contributed by atoms with Gasteiger partial charge in [0.25, 0.3) is 0 Å². The second-order valence-corrected chi connectivity index (χ2v) is 12.8. The monoisotopic (exact) mass is 591 g/mol. The smallest absolute Gasteiger partial charge is 0.319 e. The fourth-order valence-corrected chi connectivity index (χ4v) is 7.85. The minimum atomic E-state index is -0.868. The molecule has 0 bridgehead atoms. The number of benzene rings is 2. The summed E-state index contributed by atoms with van der Waals surface area (Å²) in [5.74, 6) is 0.0411. The van der Waals surface area contributed by atoms with Crippen LogP contribution in [0.25, 0.3) is 32.9 Å². The molecule has 8 rings (SSSR count). The van der Waals surface area contributed by atoms with Crippen LogP contribution in [-0.2, 0) is 4.74 Å². The van der Waals surface area contributed by atoms with Gasteiger partial charge in [-0.2, -0.15) is 9.97 Å². The third-order valence-electron chi connectivity index (χ3n) is 9.76. The molecule has 7 nitrogen and oxygen atoms in total. The number of pyridine rings is 1. The average molecular weight is 592 g/mol. The maximum Gasteiger partial charge on any atom is 0.319 e. The van der Waals surface area contributed by atoms with Crippen LogP contribution < -0.4 is 9.64 Å². The van der Waals surface area contributed by atoms with Crippen LogP contribution in [0.5, 0.6) is 6.01 Å². The Labute approximate surface area is 247 Å². The van der Waals surface area contributed by atoms with Crippen LogP contribution in [0.1, 0.15) is 38.5 Å². The van der Waals surface area contributed by atoms with Gasteiger partial charge in [-0.1, -0.05) is 35.9 Å². The summed E-state index contributed by atoms with van der Waals surface area (Å²) >= 11 is 6.45. The molecule has 10 heteroatoms. The summed E-state index contributed by atoms with van der Waals surface area (Å²) < 4.78 is 43.3. The summed E-state index contributed by atoms with van der Waals surface area (Å²) in [6.07, 6.45) is 6.04. The topological polar surface area (TPSA) is 63.6 Å². The third-order valence-corrected chi connectivity index (χ3v) is 9.98. The molecule has 4 saturated heterocycles. The van der Waals surface area contributed by atoms with Crippen LogP contribution in [0.4, 0.5) is 14.6 Å². The summed E-state index contributed by atoms with van der Waals surface area (Å²) in [4.78, 5) is 18.4. The van der Waals surface area contributed by atoms with Gasteiger partial charge in [0, 0.05) is 49.3 Å². The van der Waals surface area contributed by atoms with Crippen LogP contribution in [0.2, 0.25) is 5.02 Å². The summed E-state index contributed by atoms with van der Waals surface area (Å²) in [6.45, 7) is 3.75. The zero-order valence-electron chi connectivity index (χ0n) is 23.3. The Balaban J connectivity index is 1.24. The predicted molar refractivity (Wildman–Crippen MR) is 159 cm³/mol. The number of anilines is 1. The van der Waals surface area contributed by atoms with Crippen molar-refractivity contribution in [2.75, 3.05) is 44.3 Å². The molecule has 4 fully saturated rings. The Morgan fingerprint density at radius 3 is 2.79 bits per heavy atom. The highest BCUT2D eigenvalue weighted by Gasteiger charge is 2.49. The number of fused-ring (bicyclic) bond motifs is 3. The van der Waals surface area contributed by atoms with Gasteiger partial charge in [-0.25, -0.2) is 8.78 Å². The standard InChI is InChI=1S/C32H32ClF2N5O2/c33-21-13-20-5-1-2-6-23(20)24(14-21)27-26(35)28-25(16-36-27)29(39-10-4-8-32(18-39)9-12-42-32)38-30(37-28)41-19-31-7-3-11-40(31)17-22(34)15-31/h1-2,5-6,13-14,16,22H,3-4,7-12,15,17-19H2/t22?,31-,32?/m0/s1. The molecule has 0 radical (unpaired) electrons. The zero-order chi connectivity index (χ0) is 28.5. The lowest BCUT2D eigenvalue weighted by Crippen LogP contribution is -2.56. The van der Waals surface area contributed by atoms with E-state index in [0.29, 0.717) is 41.3 Å². The molecule has 0 aliphatic carbocycles. The second kappa shape index (κ2) is 9.96. The summed E-state index contributed by atoms with van der Waals surface area (Å²) in [5, 5.41) is 2.77. The maximum absolute atomic E-state index is 16.6. The number of hydrogen-bond acceptors (Lipinski definition) is 7. The van der Waals surface area contributed by atoms with E-state index in [2.05, 4.69) is 19.8 Å². The number of alkyl halides is 1. The lowest BCUT2D eigenvalue weighted by molar-refractivity contribution is -0.151. The van der Waals surface area contributed by atoms with Crippen molar-refractivity contribution in [1.29, 1.82) is 0 Å². The van der Waals surface area contributed by atoms with E-state index in [4.69, 9.17) is 26.1 Å². The molecule has 42 heavy (non-hydrogen) atoms. The van der Waals surface area contributed by atoms with Crippen molar-refractivity contribution in [2.24, 2.45) is 0 Å². The first-order valence-corrected chi connectivity index (χ1v) is 15.3. The van der Waals surface area contributed by atoms with Gasteiger partial charge in [0.2, 0.25) is 0 Å². The number of halogens is 3. The van der Waals surface area contributed by atoms with E-state index in [1.165, 1.54) is 0 Å². The molecule has 6 heterocycles. The van der Waals surface area contributed by atoms with Crippen molar-refractivity contribution in [3.63, 3.8) is 0 Å². The SMILES string of the molecule is Fc1c(-c2cc(Cl)cc3ccccc23)ncc2c(N3CCCC4(CCO4)C3)nc(OC[C@@]34CCCN3CC(F)C4)nc12. The van der Waals surface area contributed by atoms with Gasteiger partial charge in [0.1, 0.15) is 29.8 Å². The predicted octanol–water partition coefficient (Wildman–Crippen LogP) is 6.35. The molecule has 2 unspecified atom stereocenters. The molecule has 2 aromatic carbocycles. The van der Waals surface area contributed by atoms with E-state index in [0.717, 1.165) is 62.6 Å². The Hall–Kier alpha value is -3.14. The molecule has 218 valence electrons. The number of hydrogen-bond donors (Lipinski definition) is 0. The second-order valence-electron chi connectivity index (χ2n) is 12.4. The van der Waals surface area contributed by atoms with Crippen molar-refractivity contribution < 1.29 is 18.3 Å². The van der Waals surface area contributed by atoms with E-state index in [-0.39, 0.29) is 35.0 Å². The Bertz CT molecular complexity index is 1700. The van der Waals surface area contributed by atoms with Crippen LogP contribution in [0.3, 0.4) is 0 Å². The molecule has 3 atom stereocenters. The molecule has 0 amide bonds. The lowest BCUT2D eigenvalue weighted by atomic mass is 9.86. The highest BCUT2D eigenvalue weighted by Crippen LogP contribution is 2.42. The molecule has 4 aromatic rings. The van der Waals surface area contributed by atoms with Crippen molar-refractivity contribution in [1.82, 2.24) is 19.9 Å². The Morgan fingerprint density at radius 2 is 1.93 bits per heavy atom. The number of rotatable bonds is 5. The van der Waals surface area contributed by atoms with Crippen molar-refractivity contribution in [3.05, 3.63) is 53.4 Å². The fraction of sp³-hybridized carbons (Fsp3) is 0.469. The molecule has 2 aromatic heterocycles. The van der Waals surface area contributed by atoms with Crippen LogP contribution in [-0.4, -0.2) is 76.6 Å². The highest BCUT2D eigenvalue weighted by molar-refractivity contribution is 6.32. The van der Waals surface area contributed by atoms with Gasteiger partial charge in [-0.3, -0.25) is 9.88 Å². The van der Waals surface area contributed by atoms with E-state index in [1.807, 2.05) is 30.3 Å². The lowest BCUT2D eigenvalue weighted by Gasteiger charge is -2.48. The molecule has 4 aliphatic heterocycles. The van der Waals surface area contributed by atoms with Gasteiger partial charge in [0.05, 0.1) is 23.1 Å². The van der Waals surface area contributed by atoms with Gasteiger partial charge in [-0.05, 0) is 55.1 Å². The number of nitrogens with zero attached hydrogens (tertiary/aromatic N) is 5. The largest absolute Gasteiger partial charge is 0.461 e.